The topological polar surface area (TPSA) is 0 Å². The van der Waals surface area contributed by atoms with E-state index in [1.807, 2.05) is 11.3 Å². The average molecular weight is 1160 g/mol. The van der Waals surface area contributed by atoms with Crippen molar-refractivity contribution in [1.82, 2.24) is 0 Å². The predicted molar refractivity (Wildman–Crippen MR) is 378 cm³/mol. The van der Waals surface area contributed by atoms with Gasteiger partial charge in [0.2, 0.25) is 6.71 Å². The van der Waals surface area contributed by atoms with E-state index in [-0.39, 0.29) is 56.5 Å². The summed E-state index contributed by atoms with van der Waals surface area (Å²) >= 11 is 1.93. The number of aryl methyl sites for hydroxylation is 5. The van der Waals surface area contributed by atoms with Gasteiger partial charge in [-0.15, -0.1) is 11.3 Å². The average Bonchev–Trinajstić information content (AvgIpc) is 1.32. The molecule has 14 rings (SSSR count). The van der Waals surface area contributed by atoms with E-state index in [4.69, 9.17) is 0 Å². The van der Waals surface area contributed by atoms with Crippen molar-refractivity contribution >= 4 is 54.6 Å². The zero-order chi connectivity index (χ0) is 61.3. The van der Waals surface area contributed by atoms with Gasteiger partial charge in [-0.25, -0.2) is 0 Å². The number of benzene rings is 8. The molecule has 2 heteroatoms. The fourth-order valence-electron chi connectivity index (χ4n) is 19.1. The van der Waals surface area contributed by atoms with Gasteiger partial charge in [-0.05, 0) is 212 Å². The predicted octanol–water partition coefficient (Wildman–Crippen LogP) is 20.9. The summed E-state index contributed by atoms with van der Waals surface area (Å²) in [4.78, 5) is 0. The monoisotopic (exact) mass is 1160 g/mol. The molecular formula is C85H97BS. The molecule has 0 N–H and O–H groups in total. The van der Waals surface area contributed by atoms with E-state index in [9.17, 15) is 0 Å². The van der Waals surface area contributed by atoms with E-state index in [0.29, 0.717) is 5.92 Å². The minimum Gasteiger partial charge on any atom is -0.135 e. The lowest BCUT2D eigenvalue weighted by Gasteiger charge is -2.49. The Morgan fingerprint density at radius 2 is 1.18 bits per heavy atom. The normalized spacial score (nSPS) is 23.1. The molecule has 0 bridgehead atoms. The lowest BCUT2D eigenvalue weighted by molar-refractivity contribution is 0.0763. The van der Waals surface area contributed by atoms with Crippen molar-refractivity contribution in [3.05, 3.63) is 240 Å². The second-order valence-corrected chi connectivity index (χ2v) is 33.7. The molecule has 87 heavy (non-hydrogen) atoms. The Hall–Kier alpha value is -5.96. The zero-order valence-electron chi connectivity index (χ0n) is 56.1. The maximum Gasteiger partial charge on any atom is 0.242 e. The minimum atomic E-state index is -0.184. The van der Waals surface area contributed by atoms with Crippen LogP contribution in [0, 0.1) is 26.2 Å². The highest BCUT2D eigenvalue weighted by molar-refractivity contribution is 7.25. The van der Waals surface area contributed by atoms with Crippen LogP contribution in [0.25, 0.3) is 20.2 Å². The maximum absolute atomic E-state index is 2.79. The molecule has 1 saturated carbocycles. The Labute approximate surface area is 528 Å². The number of hydrogen-bond acceptors (Lipinski definition) is 1. The molecule has 2 heterocycles. The van der Waals surface area contributed by atoms with Gasteiger partial charge in [0.15, 0.2) is 0 Å². The molecule has 5 atom stereocenters. The smallest absolute Gasteiger partial charge is 0.135 e. The summed E-state index contributed by atoms with van der Waals surface area (Å²) in [5.41, 5.74) is 32.2. The quantitative estimate of drug-likeness (QED) is 0.126. The number of fused-ring (bicyclic) bond motifs is 11. The Kier molecular flexibility index (Phi) is 13.7. The summed E-state index contributed by atoms with van der Waals surface area (Å²) in [6.45, 7) is 42.4. The van der Waals surface area contributed by atoms with Crippen LogP contribution < -0.4 is 16.4 Å². The van der Waals surface area contributed by atoms with Crippen molar-refractivity contribution in [1.29, 1.82) is 0 Å². The highest BCUT2D eigenvalue weighted by atomic mass is 32.1. The third kappa shape index (κ3) is 9.05. The lowest BCUT2D eigenvalue weighted by atomic mass is 9.30. The van der Waals surface area contributed by atoms with E-state index >= 15 is 0 Å². The van der Waals surface area contributed by atoms with E-state index in [2.05, 4.69) is 257 Å². The molecule has 0 radical (unpaired) electrons. The SMILES string of the molecule is Cc1cc(C)c2c(c1)C(CCc1cc3c(cc1C)C(C)(C)CCC3(C)C)c1cc3c(cc1B2c1ccc(CCC2c4ccc(C(C)(C)C)cc4C4(C)CCCCC24C)cc1C(C)c1ccc2sc4ccccc4c2c1)C(C)(C)c1ccccc1C3(C)C. The fraction of sp³-hybridized carbons (Fsp3) is 0.435. The third-order valence-electron chi connectivity index (χ3n) is 24.9. The summed E-state index contributed by atoms with van der Waals surface area (Å²) in [7, 11) is 0. The van der Waals surface area contributed by atoms with Gasteiger partial charge in [0, 0.05) is 42.8 Å². The summed E-state index contributed by atoms with van der Waals surface area (Å²) in [5.74, 6) is 0.914. The van der Waals surface area contributed by atoms with Gasteiger partial charge < -0.3 is 0 Å². The van der Waals surface area contributed by atoms with Crippen LogP contribution in [0.2, 0.25) is 0 Å². The Balaban J connectivity index is 0.958. The molecule has 446 valence electrons. The molecule has 8 aromatic carbocycles. The number of thiophene rings is 1. The van der Waals surface area contributed by atoms with Crippen LogP contribution in [0.1, 0.15) is 266 Å². The Bertz CT molecular complexity index is 4280. The summed E-state index contributed by atoms with van der Waals surface area (Å²) in [6, 6.07) is 57.6. The van der Waals surface area contributed by atoms with Gasteiger partial charge in [0.05, 0.1) is 0 Å². The van der Waals surface area contributed by atoms with Crippen molar-refractivity contribution < 1.29 is 0 Å². The van der Waals surface area contributed by atoms with E-state index in [1.165, 1.54) is 143 Å². The highest BCUT2D eigenvalue weighted by Gasteiger charge is 2.58. The summed E-state index contributed by atoms with van der Waals surface area (Å²) in [6.07, 6.45) is 12.1. The van der Waals surface area contributed by atoms with Gasteiger partial charge >= 0.3 is 0 Å². The molecule has 9 aromatic rings. The zero-order valence-corrected chi connectivity index (χ0v) is 56.9. The van der Waals surface area contributed by atoms with Crippen molar-refractivity contribution in [3.63, 3.8) is 0 Å². The first kappa shape index (κ1) is 58.7. The van der Waals surface area contributed by atoms with Crippen molar-refractivity contribution in [2.75, 3.05) is 0 Å². The first-order valence-electron chi connectivity index (χ1n) is 33.9. The molecule has 0 nitrogen and oxygen atoms in total. The highest BCUT2D eigenvalue weighted by Crippen LogP contribution is 2.66. The van der Waals surface area contributed by atoms with E-state index in [0.717, 1.165) is 19.3 Å². The number of rotatable bonds is 9. The largest absolute Gasteiger partial charge is 0.242 e. The maximum atomic E-state index is 2.79. The lowest BCUT2D eigenvalue weighted by Crippen LogP contribution is -2.60. The first-order chi connectivity index (χ1) is 41.1. The van der Waals surface area contributed by atoms with Gasteiger partial charge in [-0.1, -0.05) is 259 Å². The summed E-state index contributed by atoms with van der Waals surface area (Å²) < 4.78 is 2.74. The standard InChI is InChI=1S/C85H97BS/c1-51-42-53(3)78-65(43-51)59(33-30-56-47-71-70(44-52(56)2)80(8,9)40-41-81(71,10)11)63-49-72-73(83(14,15)68-26-20-19-25-67(68)82(72,12)13)50-75(63)86(78)74-36-29-55(45-62(74)54(4)57-31-37-77-64(46-57)60-24-18-21-27-76(60)87-77)28-35-66-61-34-32-58(79(5,6)7)48-69(61)85(17)39-23-22-38-84(66,85)16/h18-21,24-27,29,31-32,34,36-37,42-50,54,59,66H,22-23,28,30,33,35,38-41H2,1-17H3. The molecular weight excluding hydrogens is 1060 g/mol. The van der Waals surface area contributed by atoms with Crippen molar-refractivity contribution in [3.8, 4) is 0 Å². The van der Waals surface area contributed by atoms with Crippen LogP contribution in [0.4, 0.5) is 0 Å². The molecule has 0 spiro atoms. The van der Waals surface area contributed by atoms with Crippen LogP contribution in [-0.2, 0) is 45.3 Å². The van der Waals surface area contributed by atoms with E-state index in [1.54, 1.807) is 38.8 Å². The fourth-order valence-corrected chi connectivity index (χ4v) is 20.2. The van der Waals surface area contributed by atoms with Crippen molar-refractivity contribution in [2.24, 2.45) is 5.41 Å². The third-order valence-corrected chi connectivity index (χ3v) is 26.0. The molecule has 4 aliphatic carbocycles. The molecule has 1 fully saturated rings. The van der Waals surface area contributed by atoms with Crippen LogP contribution >= 0.6 is 11.3 Å². The second-order valence-electron chi connectivity index (χ2n) is 32.7. The van der Waals surface area contributed by atoms with Crippen LogP contribution in [0.15, 0.2) is 140 Å². The van der Waals surface area contributed by atoms with E-state index < -0.39 is 0 Å². The van der Waals surface area contributed by atoms with Gasteiger partial charge in [0.25, 0.3) is 0 Å². The molecule has 1 aliphatic heterocycles. The molecule has 0 saturated heterocycles. The minimum absolute atomic E-state index is 0.0551. The van der Waals surface area contributed by atoms with Gasteiger partial charge in [-0.2, -0.15) is 0 Å². The van der Waals surface area contributed by atoms with Gasteiger partial charge in [0.1, 0.15) is 0 Å². The van der Waals surface area contributed by atoms with Crippen LogP contribution in [0.3, 0.4) is 0 Å². The second kappa shape index (κ2) is 20.3. The molecule has 1 aromatic heterocycles. The molecule has 5 aliphatic rings. The van der Waals surface area contributed by atoms with Crippen molar-refractivity contribution in [2.45, 2.75) is 232 Å². The van der Waals surface area contributed by atoms with Gasteiger partial charge in [-0.3, -0.25) is 0 Å². The van der Waals surface area contributed by atoms with Crippen LogP contribution in [0.5, 0.6) is 0 Å². The molecule has 0 amide bonds. The summed E-state index contributed by atoms with van der Waals surface area (Å²) in [5, 5.41) is 2.76. The Morgan fingerprint density at radius 3 is 1.91 bits per heavy atom. The number of hydrogen-bond donors (Lipinski definition) is 0. The Morgan fingerprint density at radius 1 is 0.517 bits per heavy atom. The molecule has 5 unspecified atom stereocenters. The van der Waals surface area contributed by atoms with Crippen LogP contribution in [-0.4, -0.2) is 6.71 Å². The first-order valence-corrected chi connectivity index (χ1v) is 34.7.